The fraction of sp³-hybridized carbons (Fsp3) is 0. The minimum absolute atomic E-state index is 0.366. The van der Waals surface area contributed by atoms with Gasteiger partial charge in [-0.25, -0.2) is 0 Å². The number of H-pyrrole nitrogens is 1. The van der Waals surface area contributed by atoms with Gasteiger partial charge in [0.1, 0.15) is 0 Å². The molecule has 1 aromatic carbocycles. The van der Waals surface area contributed by atoms with Gasteiger partial charge in [0.05, 0.1) is 15.7 Å². The number of aldehydes is 1. The number of aromatic nitrogens is 1. The maximum absolute atomic E-state index is 10.5. The van der Waals surface area contributed by atoms with Crippen molar-refractivity contribution >= 4 is 40.4 Å². The van der Waals surface area contributed by atoms with E-state index in [-0.39, 0.29) is 0 Å². The second kappa shape index (κ2) is 3.05. The second-order valence-electron chi connectivity index (χ2n) is 2.63. The molecule has 2 nitrogen and oxygen atoms in total. The molecule has 0 fully saturated rings. The van der Waals surface area contributed by atoms with Gasteiger partial charge in [-0.15, -0.1) is 0 Å². The molecule has 2 aromatic rings. The number of fused-ring (bicyclic) bond motifs is 1. The van der Waals surface area contributed by atoms with Crippen molar-refractivity contribution in [3.8, 4) is 0 Å². The molecule has 4 heteroatoms. The maximum atomic E-state index is 10.5. The number of nitrogens with one attached hydrogen (secondary N) is 1. The molecule has 1 aromatic heterocycles. The minimum atomic E-state index is 0.366. The molecule has 0 aliphatic rings. The van der Waals surface area contributed by atoms with E-state index in [9.17, 15) is 4.79 Å². The van der Waals surface area contributed by atoms with Crippen LogP contribution >= 0.6 is 23.2 Å². The normalized spacial score (nSPS) is 10.6. The molecule has 0 bridgehead atoms. The first-order valence-corrected chi connectivity index (χ1v) is 4.40. The Balaban J connectivity index is 2.92. The zero-order valence-electron chi connectivity index (χ0n) is 6.47. The number of carbonyl (C=O) groups is 1. The summed E-state index contributed by atoms with van der Waals surface area (Å²) in [6.45, 7) is 0. The zero-order chi connectivity index (χ0) is 9.42. The van der Waals surface area contributed by atoms with E-state index in [0.29, 0.717) is 27.4 Å². The van der Waals surface area contributed by atoms with E-state index in [1.807, 2.05) is 6.07 Å². The molecule has 66 valence electrons. The lowest BCUT2D eigenvalue weighted by molar-refractivity contribution is 0.112. The van der Waals surface area contributed by atoms with Crippen LogP contribution in [0.1, 0.15) is 10.5 Å². The Morgan fingerprint density at radius 2 is 2.08 bits per heavy atom. The van der Waals surface area contributed by atoms with E-state index in [1.165, 1.54) is 0 Å². The van der Waals surface area contributed by atoms with Gasteiger partial charge in [0.25, 0.3) is 0 Å². The van der Waals surface area contributed by atoms with E-state index in [2.05, 4.69) is 4.98 Å². The predicted octanol–water partition coefficient (Wildman–Crippen LogP) is 3.29. The van der Waals surface area contributed by atoms with Gasteiger partial charge >= 0.3 is 0 Å². The molecule has 1 heterocycles. The Labute approximate surface area is 84.5 Å². The van der Waals surface area contributed by atoms with Gasteiger partial charge in [-0.05, 0) is 12.1 Å². The lowest BCUT2D eigenvalue weighted by Gasteiger charge is -1.92. The molecule has 0 unspecified atom stereocenters. The molecule has 0 aliphatic heterocycles. The molecule has 0 aliphatic carbocycles. The third-order valence-corrected chi connectivity index (χ3v) is 2.56. The second-order valence-corrected chi connectivity index (χ2v) is 3.42. The lowest BCUT2D eigenvalue weighted by Crippen LogP contribution is -1.76. The molecular formula is C9H5Cl2NO. The highest BCUT2D eigenvalue weighted by Crippen LogP contribution is 2.32. The van der Waals surface area contributed by atoms with Crippen molar-refractivity contribution < 1.29 is 4.79 Å². The van der Waals surface area contributed by atoms with E-state index >= 15 is 0 Å². The smallest absolute Gasteiger partial charge is 0.167 e. The molecule has 0 radical (unpaired) electrons. The Hall–Kier alpha value is -0.990. The summed E-state index contributed by atoms with van der Waals surface area (Å²) < 4.78 is 0. The summed E-state index contributed by atoms with van der Waals surface area (Å²) in [7, 11) is 0. The van der Waals surface area contributed by atoms with E-state index < -0.39 is 0 Å². The Morgan fingerprint density at radius 1 is 1.31 bits per heavy atom. The molecule has 0 saturated carbocycles. The van der Waals surface area contributed by atoms with Crippen LogP contribution in [-0.2, 0) is 0 Å². The van der Waals surface area contributed by atoms with Gasteiger partial charge in [0.2, 0.25) is 0 Å². The molecule has 0 atom stereocenters. The fourth-order valence-electron chi connectivity index (χ4n) is 1.27. The van der Waals surface area contributed by atoms with E-state index in [1.54, 1.807) is 12.1 Å². The molecule has 1 N–H and O–H groups in total. The Kier molecular flexibility index (Phi) is 2.02. The first-order valence-electron chi connectivity index (χ1n) is 3.65. The predicted molar refractivity (Wildman–Crippen MR) is 53.7 cm³/mol. The van der Waals surface area contributed by atoms with Gasteiger partial charge in [-0.1, -0.05) is 29.3 Å². The summed E-state index contributed by atoms with van der Waals surface area (Å²) in [6.07, 6.45) is 0.679. The van der Waals surface area contributed by atoms with Crippen molar-refractivity contribution in [3.63, 3.8) is 0 Å². The molecule has 2 rings (SSSR count). The van der Waals surface area contributed by atoms with Crippen molar-refractivity contribution in [2.24, 2.45) is 0 Å². The van der Waals surface area contributed by atoms with Gasteiger partial charge in [-0.2, -0.15) is 0 Å². The van der Waals surface area contributed by atoms with Crippen molar-refractivity contribution in [1.82, 2.24) is 4.98 Å². The minimum Gasteiger partial charge on any atom is -0.351 e. The summed E-state index contributed by atoms with van der Waals surface area (Å²) in [4.78, 5) is 13.4. The summed E-state index contributed by atoms with van der Waals surface area (Å²) in [6, 6.07) is 5.35. The van der Waals surface area contributed by atoms with Crippen molar-refractivity contribution in [2.75, 3.05) is 0 Å². The van der Waals surface area contributed by atoms with Crippen LogP contribution in [0.25, 0.3) is 10.9 Å². The zero-order valence-corrected chi connectivity index (χ0v) is 7.99. The third kappa shape index (κ3) is 1.23. The van der Waals surface area contributed by atoms with Crippen LogP contribution in [0.2, 0.25) is 10.0 Å². The van der Waals surface area contributed by atoms with Crippen molar-refractivity contribution in [2.45, 2.75) is 0 Å². The fourth-order valence-corrected chi connectivity index (χ4v) is 1.88. The lowest BCUT2D eigenvalue weighted by atomic mass is 10.2. The largest absolute Gasteiger partial charge is 0.351 e. The molecule has 0 amide bonds. The van der Waals surface area contributed by atoms with Crippen LogP contribution in [0.4, 0.5) is 0 Å². The van der Waals surface area contributed by atoms with Crippen LogP contribution in [0.5, 0.6) is 0 Å². The Morgan fingerprint density at radius 3 is 2.69 bits per heavy atom. The van der Waals surface area contributed by atoms with Crippen molar-refractivity contribution in [3.05, 3.63) is 33.9 Å². The highest BCUT2D eigenvalue weighted by Gasteiger charge is 2.10. The first kappa shape index (κ1) is 8.60. The SMILES string of the molecule is O=Cc1[nH]c2cccc(Cl)c2c1Cl. The summed E-state index contributed by atoms with van der Waals surface area (Å²) in [5.41, 5.74) is 1.14. The Bertz CT molecular complexity index is 476. The highest BCUT2D eigenvalue weighted by molar-refractivity contribution is 6.43. The standard InChI is InChI=1S/C9H5Cl2NO/c10-5-2-1-3-6-8(5)9(11)7(4-13)12-6/h1-4,12H. The topological polar surface area (TPSA) is 32.9 Å². The average molecular weight is 214 g/mol. The van der Waals surface area contributed by atoms with E-state index in [4.69, 9.17) is 23.2 Å². The molecule has 0 saturated heterocycles. The van der Waals surface area contributed by atoms with E-state index in [0.717, 1.165) is 5.52 Å². The van der Waals surface area contributed by atoms with Crippen molar-refractivity contribution in [1.29, 1.82) is 0 Å². The molecule has 0 spiro atoms. The van der Waals surface area contributed by atoms with Crippen LogP contribution in [-0.4, -0.2) is 11.3 Å². The average Bonchev–Trinajstić information content (AvgIpc) is 2.44. The highest BCUT2D eigenvalue weighted by atomic mass is 35.5. The number of benzene rings is 1. The third-order valence-electron chi connectivity index (χ3n) is 1.86. The number of hydrogen-bond donors (Lipinski definition) is 1. The number of aromatic amines is 1. The van der Waals surface area contributed by atoms with Crippen LogP contribution in [0, 0.1) is 0 Å². The monoisotopic (exact) mass is 213 g/mol. The number of rotatable bonds is 1. The summed E-state index contributed by atoms with van der Waals surface area (Å²) in [5, 5.41) is 1.63. The molecular weight excluding hydrogens is 209 g/mol. The maximum Gasteiger partial charge on any atom is 0.167 e. The first-order chi connectivity index (χ1) is 6.24. The summed E-state index contributed by atoms with van der Waals surface area (Å²) in [5.74, 6) is 0. The quantitative estimate of drug-likeness (QED) is 0.725. The van der Waals surface area contributed by atoms with Gasteiger partial charge < -0.3 is 4.98 Å². The summed E-state index contributed by atoms with van der Waals surface area (Å²) >= 11 is 11.8. The number of carbonyl (C=O) groups excluding carboxylic acids is 1. The van der Waals surface area contributed by atoms with Crippen LogP contribution in [0.15, 0.2) is 18.2 Å². The van der Waals surface area contributed by atoms with Crippen LogP contribution < -0.4 is 0 Å². The van der Waals surface area contributed by atoms with Gasteiger partial charge in [0, 0.05) is 10.9 Å². The number of hydrogen-bond acceptors (Lipinski definition) is 1. The molecule has 13 heavy (non-hydrogen) atoms. The number of halogens is 2. The van der Waals surface area contributed by atoms with Gasteiger partial charge in [0.15, 0.2) is 6.29 Å². The van der Waals surface area contributed by atoms with Gasteiger partial charge in [-0.3, -0.25) is 4.79 Å². The van der Waals surface area contributed by atoms with Crippen LogP contribution in [0.3, 0.4) is 0 Å².